The minimum Gasteiger partial charge on any atom is -0.481 e. The summed E-state index contributed by atoms with van der Waals surface area (Å²) in [7, 11) is 0. The summed E-state index contributed by atoms with van der Waals surface area (Å²) in [5, 5.41) is 81.0. The quantitative estimate of drug-likeness (QED) is 0.0153. The first-order valence-corrected chi connectivity index (χ1v) is 44.5. The van der Waals surface area contributed by atoms with E-state index in [9.17, 15) is 135 Å². The molecule has 0 aliphatic carbocycles. The van der Waals surface area contributed by atoms with E-state index in [2.05, 4.69) is 101 Å². The zero-order valence-corrected chi connectivity index (χ0v) is 75.5. The van der Waals surface area contributed by atoms with Crippen LogP contribution < -0.4 is 124 Å². The maximum absolute atomic E-state index is 13.4. The number of rotatable bonds is 58. The summed E-state index contributed by atoms with van der Waals surface area (Å²) < 4.78 is 0. The summed E-state index contributed by atoms with van der Waals surface area (Å²) >= 11 is 2.71. The van der Waals surface area contributed by atoms with Gasteiger partial charge in [-0.3, -0.25) is 130 Å². The number of nitrogens with zero attached hydrogens (tertiary/aromatic N) is 3. The lowest BCUT2D eigenvalue weighted by Gasteiger charge is -2.25. The summed E-state index contributed by atoms with van der Waals surface area (Å²) in [4.78, 5) is 337. The molecule has 0 unspecified atom stereocenters. The van der Waals surface area contributed by atoms with Gasteiger partial charge in [-0.15, -0.1) is 0 Å². The van der Waals surface area contributed by atoms with Gasteiger partial charge in [0.1, 0.15) is 79.0 Å². The molecule has 3 aliphatic heterocycles. The minimum atomic E-state index is -1.96. The van der Waals surface area contributed by atoms with E-state index in [0.29, 0.717) is 30.8 Å². The van der Waals surface area contributed by atoms with Crippen molar-refractivity contribution in [3.8, 4) is 0 Å². The highest BCUT2D eigenvalue weighted by Gasteiger charge is 2.40. The molecule has 3 fully saturated rings. The predicted molar refractivity (Wildman–Crippen MR) is 463 cm³/mol. The van der Waals surface area contributed by atoms with Crippen molar-refractivity contribution < 1.29 is 140 Å². The highest BCUT2D eigenvalue weighted by atomic mass is 32.2. The van der Waals surface area contributed by atoms with Crippen molar-refractivity contribution in [3.63, 3.8) is 0 Å². The summed E-state index contributed by atoms with van der Waals surface area (Å²) in [5.41, 5.74) is 16.4. The number of likely N-dealkylation sites (tertiary alicyclic amines) is 3. The Morgan fingerprint density at radius 2 is 0.647 bits per heavy atom. The fourth-order valence-corrected chi connectivity index (χ4v) is 13.8. The molecule has 0 aromatic heterocycles. The van der Waals surface area contributed by atoms with Crippen molar-refractivity contribution in [1.29, 1.82) is 5.41 Å². The van der Waals surface area contributed by atoms with Gasteiger partial charge in [0.15, 0.2) is 5.96 Å². The number of amides is 23. The summed E-state index contributed by atoms with van der Waals surface area (Å²) in [6.07, 6.45) is 2.35. The van der Waals surface area contributed by atoms with Crippen LogP contribution in [0.15, 0.2) is 0 Å². The maximum Gasteiger partial charge on any atom is 0.322 e. The molecule has 0 spiro atoms. The first-order chi connectivity index (χ1) is 62.7. The van der Waals surface area contributed by atoms with Crippen LogP contribution in [-0.4, -0.2) is 384 Å². The van der Waals surface area contributed by atoms with Crippen LogP contribution in [0.1, 0.15) is 111 Å². The standard InChI is InChI=1S/C75H119N27O29S2/c1-36(92-64(121)38(3)91-53(107)29-85-63(120)37(2)94-69(126)44(24-59(113)114)99-71(128)45(25-60(115)116)98-65(122)39(4)93-66(123)40(76)15-21-132-5)62(119)84-26-50(104)81-32-56(110)100-18-8-12-46(100)72(129)87-27-51(105)82-33-57(111)101-19-9-13-47(101)73(130)88-28-52(106)83-34-58(112)102-20-10-14-48(102)74(131)89-31-54(108)95-42(16-22-133-6)68(125)86-30-55(109)96-43(23-49(77)103)70(127)97-41(11-7-17-80-75(78)79)67(124)90-35-61(117)118/h36-48H,7-35,76H2,1-6H3,(H2,77,103)(H,81,104)(H,82,105)(H,83,106)(H,84,119)(H,85,120)(H,86,125)(H,87,129)(H,88,130)(H,89,131)(H,90,124)(H,91,107)(H,92,121)(H,93,123)(H,94,126)(H,95,108)(H,96,109)(H,97,127)(H,98,122)(H,99,128)(H,113,114)(H,115,116)(H,117,118)(H4,78,79,80)/t36-,37-,38-,39-,40-,41-,42-,43-,44-,45-,46-,47-,48-/m0/s1. The molecule has 0 aromatic rings. The van der Waals surface area contributed by atoms with Gasteiger partial charge in [0.25, 0.3) is 0 Å². The zero-order chi connectivity index (χ0) is 99.9. The van der Waals surface area contributed by atoms with Gasteiger partial charge in [-0.25, -0.2) is 0 Å². The van der Waals surface area contributed by atoms with Crippen LogP contribution in [0.25, 0.3) is 0 Å². The Bertz CT molecular complexity index is 4280. The third-order valence-corrected chi connectivity index (χ3v) is 21.1. The van der Waals surface area contributed by atoms with Gasteiger partial charge in [-0.1, -0.05) is 0 Å². The minimum absolute atomic E-state index is 0.0162. The van der Waals surface area contributed by atoms with E-state index < -0.39 is 317 Å². The second kappa shape index (κ2) is 58.7. The number of carbonyl (C=O) groups excluding carboxylic acids is 23. The number of carboxylic acid groups (broad SMARTS) is 3. The van der Waals surface area contributed by atoms with E-state index >= 15 is 0 Å². The van der Waals surface area contributed by atoms with E-state index in [4.69, 9.17) is 27.7 Å². The first kappa shape index (κ1) is 113. The van der Waals surface area contributed by atoms with Gasteiger partial charge in [-0.2, -0.15) is 23.5 Å². The van der Waals surface area contributed by atoms with E-state index in [1.165, 1.54) is 54.1 Å². The number of nitrogens with two attached hydrogens (primary N) is 3. The molecule has 3 heterocycles. The molecule has 0 bridgehead atoms. The van der Waals surface area contributed by atoms with E-state index in [1.807, 2.05) is 5.32 Å². The molecule has 740 valence electrons. The van der Waals surface area contributed by atoms with Crippen LogP contribution >= 0.6 is 23.5 Å². The molecule has 13 atom stereocenters. The van der Waals surface area contributed by atoms with E-state index in [0.717, 1.165) is 11.8 Å². The summed E-state index contributed by atoms with van der Waals surface area (Å²) in [5.74, 6) is -25.1. The van der Waals surface area contributed by atoms with Crippen LogP contribution in [0.5, 0.6) is 0 Å². The third-order valence-electron chi connectivity index (χ3n) is 19.8. The third kappa shape index (κ3) is 42.7. The molecule has 133 heavy (non-hydrogen) atoms. The SMILES string of the molecule is CSCC[C@H](NC(=O)CNC(=O)[C@@H]1CCCN1C(=O)CNC(=O)CNC(=O)[C@@H]1CCCN1C(=O)CNC(=O)CNC(=O)[C@@H]1CCCN1C(=O)CNC(=O)CNC(=O)[C@H](C)NC(=O)[C@H](C)NC(=O)CNC(=O)[C@H](C)NC(=O)[C@H](CC(=O)O)NC(=O)[C@H](CC(=O)O)NC(=O)[C@H](C)NC(=O)[C@@H](N)CCSC)C(=O)NCC(=O)N[C@@H](CC(N)=O)C(=O)N[C@@H](CCCNC(=N)N)C(=O)NCC(=O)O. The smallest absolute Gasteiger partial charge is 0.322 e. The molecule has 0 aromatic carbocycles. The van der Waals surface area contributed by atoms with Gasteiger partial charge in [-0.05, 0) is 116 Å². The van der Waals surface area contributed by atoms with Crippen molar-refractivity contribution in [2.24, 2.45) is 17.2 Å². The van der Waals surface area contributed by atoms with Crippen LogP contribution in [0.2, 0.25) is 0 Å². The number of nitrogens with one attached hydrogen (secondary N) is 21. The Balaban J connectivity index is 1.38. The number of guanidine groups is 1. The number of hydrogen-bond donors (Lipinski definition) is 27. The zero-order valence-electron chi connectivity index (χ0n) is 73.9. The average Bonchev–Trinajstić information content (AvgIpc) is 1.77. The molecule has 3 aliphatic rings. The number of carboxylic acids is 3. The number of aliphatic carboxylic acids is 3. The fraction of sp³-hybridized carbons (Fsp3) is 0.640. The molecule has 0 saturated carbocycles. The van der Waals surface area contributed by atoms with Crippen LogP contribution in [-0.2, 0) is 125 Å². The van der Waals surface area contributed by atoms with Crippen LogP contribution in [0.3, 0.4) is 0 Å². The first-order valence-electron chi connectivity index (χ1n) is 41.7. The highest BCUT2D eigenvalue weighted by molar-refractivity contribution is 7.98. The van der Waals surface area contributed by atoms with Crippen molar-refractivity contribution in [2.45, 2.75) is 190 Å². The molecule has 23 amide bonds. The maximum atomic E-state index is 13.4. The van der Waals surface area contributed by atoms with Gasteiger partial charge in [0.05, 0.1) is 84.2 Å². The van der Waals surface area contributed by atoms with E-state index in [-0.39, 0.29) is 77.1 Å². The second-order valence-electron chi connectivity index (χ2n) is 30.4. The number of thioether (sulfide) groups is 2. The molecule has 3 rings (SSSR count). The van der Waals surface area contributed by atoms with Gasteiger partial charge >= 0.3 is 17.9 Å². The number of hydrogen-bond acceptors (Lipinski definition) is 30. The van der Waals surface area contributed by atoms with E-state index in [1.54, 1.807) is 12.5 Å². The number of primary amides is 1. The molecular formula is C75H119N27O29S2. The Morgan fingerprint density at radius 3 is 1.06 bits per heavy atom. The predicted octanol–water partition coefficient (Wildman–Crippen LogP) is -15.4. The monoisotopic (exact) mass is 1930 g/mol. The summed E-state index contributed by atoms with van der Waals surface area (Å²) in [6, 6.07) is -18.1. The molecule has 0 radical (unpaired) electrons. The normalized spacial score (nSPS) is 16.4. The molecule has 3 saturated heterocycles. The molecule has 30 N–H and O–H groups in total. The fourth-order valence-electron chi connectivity index (χ4n) is 12.8. The lowest BCUT2D eigenvalue weighted by Crippen LogP contribution is -2.59. The van der Waals surface area contributed by atoms with Crippen molar-refractivity contribution in [2.75, 3.05) is 116 Å². The van der Waals surface area contributed by atoms with Crippen molar-refractivity contribution >= 4 is 183 Å². The Morgan fingerprint density at radius 1 is 0.331 bits per heavy atom. The lowest BCUT2D eigenvalue weighted by atomic mass is 10.1. The van der Waals surface area contributed by atoms with Crippen molar-refractivity contribution in [3.05, 3.63) is 0 Å². The number of carbonyl (C=O) groups is 26. The van der Waals surface area contributed by atoms with Crippen LogP contribution in [0.4, 0.5) is 0 Å². The van der Waals surface area contributed by atoms with Crippen LogP contribution in [0, 0.1) is 5.41 Å². The Labute approximate surface area is 769 Å². The lowest BCUT2D eigenvalue weighted by molar-refractivity contribution is -0.143. The Hall–Kier alpha value is -13.8. The van der Waals surface area contributed by atoms with Gasteiger partial charge in [0, 0.05) is 26.2 Å². The highest BCUT2D eigenvalue weighted by Crippen LogP contribution is 2.20. The average molecular weight is 1930 g/mol. The molecule has 56 nitrogen and oxygen atoms in total. The second-order valence-corrected chi connectivity index (χ2v) is 32.4. The van der Waals surface area contributed by atoms with Gasteiger partial charge < -0.3 is 154 Å². The molecule has 58 heteroatoms. The largest absolute Gasteiger partial charge is 0.481 e. The Kier molecular flexibility index (Phi) is 50.0. The summed E-state index contributed by atoms with van der Waals surface area (Å²) in [6.45, 7) is -1.99. The molecular weight excluding hydrogens is 1810 g/mol. The van der Waals surface area contributed by atoms with Crippen molar-refractivity contribution in [1.82, 2.24) is 121 Å². The van der Waals surface area contributed by atoms with Gasteiger partial charge in [0.2, 0.25) is 136 Å². The topological polar surface area (TPSA) is 857 Å².